The van der Waals surface area contributed by atoms with Crippen LogP contribution in [0.15, 0.2) is 15.9 Å². The molecule has 1 rings (SSSR count). The summed E-state index contributed by atoms with van der Waals surface area (Å²) >= 11 is 4.91. The number of hydrogen-bond donors (Lipinski definition) is 2. The second-order valence-corrected chi connectivity index (χ2v) is 6.97. The molecule has 5 nitrogen and oxygen atoms in total. The van der Waals surface area contributed by atoms with Crippen LogP contribution in [0, 0.1) is 5.92 Å². The summed E-state index contributed by atoms with van der Waals surface area (Å²) < 4.78 is 0.981. The van der Waals surface area contributed by atoms with E-state index in [1.807, 2.05) is 25.3 Å². The topological polar surface area (TPSA) is 69.6 Å². The highest BCUT2D eigenvalue weighted by molar-refractivity contribution is 9.10. The van der Waals surface area contributed by atoms with Crippen LogP contribution in [0.3, 0.4) is 0 Å². The summed E-state index contributed by atoms with van der Waals surface area (Å²) in [4.78, 5) is 25.6. The highest BCUT2D eigenvalue weighted by Gasteiger charge is 2.22. The zero-order chi connectivity index (χ0) is 15.3. The fraction of sp³-hybridized carbons (Fsp3) is 0.538. The Labute approximate surface area is 131 Å². The quantitative estimate of drug-likeness (QED) is 0.816. The molecule has 0 aliphatic heterocycles. The number of urea groups is 1. The molecule has 0 spiro atoms. The zero-order valence-electron chi connectivity index (χ0n) is 11.7. The first-order valence-electron chi connectivity index (χ1n) is 6.27. The minimum absolute atomic E-state index is 0.204. The largest absolute Gasteiger partial charge is 0.480 e. The van der Waals surface area contributed by atoms with Crippen molar-refractivity contribution in [2.45, 2.75) is 32.9 Å². The SMILES string of the molecule is CC(C)C[C@@H](NC(=O)N(C)Cc1cc(Br)cs1)C(=O)O. The standard InChI is InChI=1S/C13H19BrN2O3S/c1-8(2)4-11(12(17)18)15-13(19)16(3)6-10-5-9(14)7-20-10/h5,7-8,11H,4,6H2,1-3H3,(H,15,19)(H,17,18)/t11-/m1/s1. The second-order valence-electron chi connectivity index (χ2n) is 5.06. The van der Waals surface area contributed by atoms with E-state index in [0.29, 0.717) is 13.0 Å². The van der Waals surface area contributed by atoms with Gasteiger partial charge in [-0.25, -0.2) is 9.59 Å². The van der Waals surface area contributed by atoms with Gasteiger partial charge in [0.25, 0.3) is 0 Å². The average Bonchev–Trinajstić information content (AvgIpc) is 2.72. The third kappa shape index (κ3) is 5.50. The summed E-state index contributed by atoms with van der Waals surface area (Å²) in [6.07, 6.45) is 0.416. The van der Waals surface area contributed by atoms with E-state index in [1.165, 1.54) is 4.90 Å². The van der Waals surface area contributed by atoms with E-state index < -0.39 is 12.0 Å². The first-order valence-corrected chi connectivity index (χ1v) is 7.94. The molecule has 0 fully saturated rings. The van der Waals surface area contributed by atoms with Crippen molar-refractivity contribution in [2.24, 2.45) is 5.92 Å². The average molecular weight is 363 g/mol. The highest BCUT2D eigenvalue weighted by Crippen LogP contribution is 2.20. The molecule has 1 atom stereocenters. The number of thiophene rings is 1. The lowest BCUT2D eigenvalue weighted by Crippen LogP contribution is -2.46. The molecule has 1 aromatic rings. The van der Waals surface area contributed by atoms with E-state index >= 15 is 0 Å². The molecule has 20 heavy (non-hydrogen) atoms. The van der Waals surface area contributed by atoms with Crippen LogP contribution in [0.1, 0.15) is 25.1 Å². The summed E-state index contributed by atoms with van der Waals surface area (Å²) in [6.45, 7) is 4.31. The lowest BCUT2D eigenvalue weighted by molar-refractivity contribution is -0.139. The maximum atomic E-state index is 12.0. The van der Waals surface area contributed by atoms with Gasteiger partial charge in [0.15, 0.2) is 0 Å². The van der Waals surface area contributed by atoms with Crippen molar-refractivity contribution < 1.29 is 14.7 Å². The fourth-order valence-electron chi connectivity index (χ4n) is 1.69. The van der Waals surface area contributed by atoms with Crippen molar-refractivity contribution in [3.63, 3.8) is 0 Å². The Morgan fingerprint density at radius 1 is 1.50 bits per heavy atom. The number of amides is 2. The zero-order valence-corrected chi connectivity index (χ0v) is 14.1. The molecule has 1 aromatic heterocycles. The molecule has 0 aliphatic rings. The third-order valence-electron chi connectivity index (χ3n) is 2.66. The number of nitrogens with zero attached hydrogens (tertiary/aromatic N) is 1. The minimum Gasteiger partial charge on any atom is -0.480 e. The Hall–Kier alpha value is -1.08. The van der Waals surface area contributed by atoms with Gasteiger partial charge in [0.1, 0.15) is 6.04 Å². The molecule has 112 valence electrons. The van der Waals surface area contributed by atoms with Crippen molar-refractivity contribution in [3.8, 4) is 0 Å². The van der Waals surface area contributed by atoms with Crippen molar-refractivity contribution in [1.29, 1.82) is 0 Å². The van der Waals surface area contributed by atoms with Crippen molar-refractivity contribution in [2.75, 3.05) is 7.05 Å². The maximum Gasteiger partial charge on any atom is 0.326 e. The van der Waals surface area contributed by atoms with Crippen LogP contribution in [-0.2, 0) is 11.3 Å². The second kappa shape index (κ2) is 7.64. The van der Waals surface area contributed by atoms with Gasteiger partial charge in [0, 0.05) is 21.8 Å². The van der Waals surface area contributed by atoms with Gasteiger partial charge in [-0.1, -0.05) is 13.8 Å². The van der Waals surface area contributed by atoms with Gasteiger partial charge < -0.3 is 15.3 Å². The number of carbonyl (C=O) groups is 2. The van der Waals surface area contributed by atoms with Crippen molar-refractivity contribution in [1.82, 2.24) is 10.2 Å². The summed E-state index contributed by atoms with van der Waals surface area (Å²) in [7, 11) is 1.65. The number of carboxylic acid groups (broad SMARTS) is 1. The Morgan fingerprint density at radius 3 is 2.60 bits per heavy atom. The van der Waals surface area contributed by atoms with Crippen LogP contribution in [0.2, 0.25) is 0 Å². The Morgan fingerprint density at radius 2 is 2.15 bits per heavy atom. The molecule has 0 bridgehead atoms. The molecule has 0 saturated carbocycles. The summed E-state index contributed by atoms with van der Waals surface area (Å²) in [5.74, 6) is -0.797. The molecule has 0 aromatic carbocycles. The first-order chi connectivity index (χ1) is 9.29. The molecule has 2 amide bonds. The molecule has 0 aliphatic carbocycles. The van der Waals surface area contributed by atoms with E-state index in [-0.39, 0.29) is 11.9 Å². The Balaban J connectivity index is 2.57. The molecule has 2 N–H and O–H groups in total. The van der Waals surface area contributed by atoms with E-state index in [0.717, 1.165) is 9.35 Å². The number of aliphatic carboxylic acids is 1. The lowest BCUT2D eigenvalue weighted by atomic mass is 10.0. The molecule has 1 heterocycles. The summed E-state index contributed by atoms with van der Waals surface area (Å²) in [5, 5.41) is 13.6. The first kappa shape index (κ1) is 17.0. The van der Waals surface area contributed by atoms with Gasteiger partial charge in [-0.2, -0.15) is 0 Å². The molecular formula is C13H19BrN2O3S. The number of carbonyl (C=O) groups excluding carboxylic acids is 1. The molecule has 0 radical (unpaired) electrons. The minimum atomic E-state index is -1.00. The smallest absolute Gasteiger partial charge is 0.326 e. The van der Waals surface area contributed by atoms with Crippen LogP contribution in [0.4, 0.5) is 4.79 Å². The third-order valence-corrected chi connectivity index (χ3v) is 4.35. The predicted octanol–water partition coefficient (Wildman–Crippen LogP) is 3.15. The maximum absolute atomic E-state index is 12.0. The molecule has 0 unspecified atom stereocenters. The Kier molecular flexibility index (Phi) is 6.48. The number of hydrogen-bond acceptors (Lipinski definition) is 3. The van der Waals surface area contributed by atoms with Crippen LogP contribution in [0.25, 0.3) is 0 Å². The highest BCUT2D eigenvalue weighted by atomic mass is 79.9. The van der Waals surface area contributed by atoms with E-state index in [9.17, 15) is 9.59 Å². The van der Waals surface area contributed by atoms with Gasteiger partial charge in [-0.05, 0) is 34.3 Å². The lowest BCUT2D eigenvalue weighted by Gasteiger charge is -2.22. The Bertz CT molecular complexity index is 476. The van der Waals surface area contributed by atoms with Gasteiger partial charge in [-0.15, -0.1) is 11.3 Å². The van der Waals surface area contributed by atoms with E-state index in [4.69, 9.17) is 5.11 Å². The summed E-state index contributed by atoms with van der Waals surface area (Å²) in [6, 6.07) is 0.722. The van der Waals surface area contributed by atoms with Crippen molar-refractivity contribution in [3.05, 3.63) is 20.8 Å². The number of halogens is 1. The van der Waals surface area contributed by atoms with Gasteiger partial charge in [0.2, 0.25) is 0 Å². The van der Waals surface area contributed by atoms with Crippen LogP contribution >= 0.6 is 27.3 Å². The predicted molar refractivity (Wildman–Crippen MR) is 82.9 cm³/mol. The van der Waals surface area contributed by atoms with E-state index in [2.05, 4.69) is 21.2 Å². The van der Waals surface area contributed by atoms with Crippen molar-refractivity contribution >= 4 is 39.3 Å². The van der Waals surface area contributed by atoms with Gasteiger partial charge in [0.05, 0.1) is 6.54 Å². The monoisotopic (exact) mass is 362 g/mol. The van der Waals surface area contributed by atoms with Crippen LogP contribution in [-0.4, -0.2) is 35.1 Å². The van der Waals surface area contributed by atoms with Crippen LogP contribution < -0.4 is 5.32 Å². The number of carboxylic acids is 1. The normalized spacial score (nSPS) is 12.2. The number of nitrogens with one attached hydrogen (secondary N) is 1. The van der Waals surface area contributed by atoms with Gasteiger partial charge >= 0.3 is 12.0 Å². The van der Waals surface area contributed by atoms with Crippen LogP contribution in [0.5, 0.6) is 0 Å². The molecule has 7 heteroatoms. The fourth-order valence-corrected chi connectivity index (χ4v) is 3.20. The van der Waals surface area contributed by atoms with E-state index in [1.54, 1.807) is 18.4 Å². The summed E-state index contributed by atoms with van der Waals surface area (Å²) in [5.41, 5.74) is 0. The van der Waals surface area contributed by atoms with Gasteiger partial charge in [-0.3, -0.25) is 0 Å². The number of rotatable bonds is 6. The molecule has 0 saturated heterocycles. The molecular weight excluding hydrogens is 344 g/mol.